The number of carbonyl (C=O) groups excluding carboxylic acids is 2. The highest BCUT2D eigenvalue weighted by Crippen LogP contribution is 2.12. The molecule has 0 aromatic carbocycles. The molecule has 0 aromatic rings. The van der Waals surface area contributed by atoms with Crippen molar-refractivity contribution in [2.24, 2.45) is 0 Å². The van der Waals surface area contributed by atoms with Crippen molar-refractivity contribution in [3.8, 4) is 0 Å². The van der Waals surface area contributed by atoms with Gasteiger partial charge in [0.1, 0.15) is 0 Å². The maximum atomic E-state index is 12.1. The van der Waals surface area contributed by atoms with Gasteiger partial charge in [-0.2, -0.15) is 0 Å². The fraction of sp³-hybridized carbons (Fsp3) is 0.944. The van der Waals surface area contributed by atoms with E-state index in [0.717, 1.165) is 58.5 Å². The molecular weight excluding hydrogens is 520 g/mol. The Hall–Kier alpha value is -1.14. The van der Waals surface area contributed by atoms with E-state index in [9.17, 15) is 9.59 Å². The van der Waals surface area contributed by atoms with Crippen LogP contribution in [0.1, 0.15) is 174 Å². The van der Waals surface area contributed by atoms with Gasteiger partial charge in [-0.1, -0.05) is 142 Å². The molecule has 0 radical (unpaired) electrons. The van der Waals surface area contributed by atoms with Crippen molar-refractivity contribution in [3.05, 3.63) is 0 Å². The molecule has 42 heavy (non-hydrogen) atoms. The minimum atomic E-state index is 0.158. The summed E-state index contributed by atoms with van der Waals surface area (Å²) in [6.07, 6.45) is 31.5. The van der Waals surface area contributed by atoms with E-state index < -0.39 is 0 Å². The lowest BCUT2D eigenvalue weighted by Gasteiger charge is -2.16. The molecule has 0 unspecified atom stereocenters. The summed E-state index contributed by atoms with van der Waals surface area (Å²) in [5, 5.41) is 9.53. The second kappa shape index (κ2) is 34.4. The van der Waals surface area contributed by atoms with Crippen LogP contribution in [-0.4, -0.2) is 63.0 Å². The average Bonchev–Trinajstić information content (AvgIpc) is 2.99. The molecule has 0 heterocycles. The third kappa shape index (κ3) is 33.4. The van der Waals surface area contributed by atoms with Crippen LogP contribution >= 0.6 is 0 Å². The second-order valence-electron chi connectivity index (χ2n) is 12.7. The van der Waals surface area contributed by atoms with Crippen LogP contribution < -0.4 is 16.0 Å². The fourth-order valence-electron chi connectivity index (χ4n) is 5.42. The Morgan fingerprint density at radius 2 is 0.810 bits per heavy atom. The first-order valence-electron chi connectivity index (χ1n) is 18.5. The lowest BCUT2D eigenvalue weighted by Crippen LogP contribution is -2.31. The molecule has 3 N–H and O–H groups in total. The summed E-state index contributed by atoms with van der Waals surface area (Å²) in [5.41, 5.74) is 0. The Kier molecular flexibility index (Phi) is 33.4. The van der Waals surface area contributed by atoms with E-state index in [1.165, 1.54) is 128 Å². The van der Waals surface area contributed by atoms with Gasteiger partial charge in [-0.05, 0) is 39.4 Å². The maximum Gasteiger partial charge on any atom is 0.221 e. The number of hydrogen-bond donors (Lipinski definition) is 3. The van der Waals surface area contributed by atoms with Crippen LogP contribution in [0.2, 0.25) is 0 Å². The van der Waals surface area contributed by atoms with Gasteiger partial charge in [0.2, 0.25) is 11.8 Å². The number of amides is 2. The van der Waals surface area contributed by atoms with Gasteiger partial charge in [0.25, 0.3) is 0 Å². The Labute approximate surface area is 262 Å². The highest BCUT2D eigenvalue weighted by molar-refractivity contribution is 5.76. The van der Waals surface area contributed by atoms with Gasteiger partial charge in [-0.15, -0.1) is 0 Å². The van der Waals surface area contributed by atoms with Crippen LogP contribution in [-0.2, 0) is 9.59 Å². The number of nitrogens with zero attached hydrogens (tertiary/aromatic N) is 1. The zero-order valence-electron chi connectivity index (χ0n) is 28.7. The Bertz CT molecular complexity index is 573. The normalized spacial score (nSPS) is 11.3. The third-order valence-corrected chi connectivity index (χ3v) is 8.35. The molecule has 2 amide bonds. The van der Waals surface area contributed by atoms with Crippen LogP contribution in [0.25, 0.3) is 0 Å². The summed E-state index contributed by atoms with van der Waals surface area (Å²) in [6, 6.07) is 0. The van der Waals surface area contributed by atoms with Crippen molar-refractivity contribution >= 4 is 11.8 Å². The van der Waals surface area contributed by atoms with E-state index >= 15 is 0 Å². The lowest BCUT2D eigenvalue weighted by atomic mass is 10.1. The molecule has 0 aromatic heterocycles. The highest BCUT2D eigenvalue weighted by Gasteiger charge is 2.05. The Balaban J connectivity index is 3.36. The molecule has 0 saturated carbocycles. The molecular formula is C36H74N4O2. The maximum absolute atomic E-state index is 12.1. The molecule has 0 saturated heterocycles. The van der Waals surface area contributed by atoms with Gasteiger partial charge < -0.3 is 20.9 Å². The van der Waals surface area contributed by atoms with Crippen molar-refractivity contribution in [1.29, 1.82) is 0 Å². The first-order chi connectivity index (χ1) is 20.6. The molecule has 0 atom stereocenters. The topological polar surface area (TPSA) is 73.5 Å². The van der Waals surface area contributed by atoms with Gasteiger partial charge in [0, 0.05) is 39.0 Å². The van der Waals surface area contributed by atoms with E-state index in [2.05, 4.69) is 41.7 Å². The average molecular weight is 595 g/mol. The summed E-state index contributed by atoms with van der Waals surface area (Å²) in [4.78, 5) is 26.4. The van der Waals surface area contributed by atoms with Crippen molar-refractivity contribution in [2.45, 2.75) is 174 Å². The Morgan fingerprint density at radius 3 is 1.24 bits per heavy atom. The third-order valence-electron chi connectivity index (χ3n) is 8.35. The van der Waals surface area contributed by atoms with Crippen molar-refractivity contribution < 1.29 is 9.59 Å². The number of rotatable bonds is 34. The van der Waals surface area contributed by atoms with Crippen LogP contribution in [0, 0.1) is 0 Å². The van der Waals surface area contributed by atoms with Crippen LogP contribution in [0.4, 0.5) is 0 Å². The monoisotopic (exact) mass is 595 g/mol. The zero-order valence-corrected chi connectivity index (χ0v) is 28.7. The quantitative estimate of drug-likeness (QED) is 0.0653. The first kappa shape index (κ1) is 40.9. The predicted molar refractivity (Wildman–Crippen MR) is 183 cm³/mol. The van der Waals surface area contributed by atoms with Crippen molar-refractivity contribution in [1.82, 2.24) is 20.9 Å². The SMILES string of the molecule is CCCCCCCCCCCCCNC(=O)CCNCCCN(C)CCC(=O)NCCCCCCCCCCCCC. The van der Waals surface area contributed by atoms with E-state index in [1.54, 1.807) is 0 Å². The minimum absolute atomic E-state index is 0.158. The van der Waals surface area contributed by atoms with E-state index in [4.69, 9.17) is 0 Å². The van der Waals surface area contributed by atoms with Gasteiger partial charge in [0.05, 0.1) is 0 Å². The molecule has 0 bridgehead atoms. The number of hydrogen-bond acceptors (Lipinski definition) is 4. The summed E-state index contributed by atoms with van der Waals surface area (Å²) in [5.74, 6) is 0.331. The van der Waals surface area contributed by atoms with Gasteiger partial charge >= 0.3 is 0 Å². The van der Waals surface area contributed by atoms with Gasteiger partial charge in [-0.3, -0.25) is 9.59 Å². The zero-order chi connectivity index (χ0) is 30.8. The largest absolute Gasteiger partial charge is 0.356 e. The number of carbonyl (C=O) groups is 2. The van der Waals surface area contributed by atoms with Gasteiger partial charge in [0.15, 0.2) is 0 Å². The molecule has 6 heteroatoms. The fourth-order valence-corrected chi connectivity index (χ4v) is 5.42. The molecule has 0 rings (SSSR count). The summed E-state index contributed by atoms with van der Waals surface area (Å²) in [7, 11) is 2.08. The predicted octanol–water partition coefficient (Wildman–Crippen LogP) is 8.53. The number of nitrogens with one attached hydrogen (secondary N) is 3. The second-order valence-corrected chi connectivity index (χ2v) is 12.7. The van der Waals surface area contributed by atoms with Crippen LogP contribution in [0.5, 0.6) is 0 Å². The summed E-state index contributed by atoms with van der Waals surface area (Å²) < 4.78 is 0. The molecule has 0 aliphatic heterocycles. The molecule has 250 valence electrons. The molecule has 0 aliphatic rings. The molecule has 0 fully saturated rings. The minimum Gasteiger partial charge on any atom is -0.356 e. The van der Waals surface area contributed by atoms with Gasteiger partial charge in [-0.25, -0.2) is 0 Å². The van der Waals surface area contributed by atoms with Crippen LogP contribution in [0.3, 0.4) is 0 Å². The summed E-state index contributed by atoms with van der Waals surface area (Å²) >= 11 is 0. The Morgan fingerprint density at radius 1 is 0.429 bits per heavy atom. The molecule has 0 spiro atoms. The highest BCUT2D eigenvalue weighted by atomic mass is 16.2. The lowest BCUT2D eigenvalue weighted by molar-refractivity contribution is -0.122. The van der Waals surface area contributed by atoms with Crippen molar-refractivity contribution in [2.75, 3.05) is 46.3 Å². The first-order valence-corrected chi connectivity index (χ1v) is 18.5. The smallest absolute Gasteiger partial charge is 0.221 e. The number of unbranched alkanes of at least 4 members (excludes halogenated alkanes) is 20. The summed E-state index contributed by atoms with van der Waals surface area (Å²) in [6.45, 7) is 9.57. The van der Waals surface area contributed by atoms with Crippen LogP contribution in [0.15, 0.2) is 0 Å². The molecule has 0 aliphatic carbocycles. The van der Waals surface area contributed by atoms with Crippen molar-refractivity contribution in [3.63, 3.8) is 0 Å². The molecule has 6 nitrogen and oxygen atoms in total. The van der Waals surface area contributed by atoms with E-state index in [1.807, 2.05) is 0 Å². The standard InChI is InChI=1S/C36H74N4O2/c1-4-6-8-10-12-14-16-18-20-22-24-30-38-35(41)27-32-37-29-26-33-40(3)34-28-36(42)39-31-25-23-21-19-17-15-13-11-9-7-5-2/h37H,4-34H2,1-3H3,(H,38,41)(H,39,42). The van der Waals surface area contributed by atoms with E-state index in [0.29, 0.717) is 12.8 Å². The van der Waals surface area contributed by atoms with E-state index in [-0.39, 0.29) is 11.8 Å².